The van der Waals surface area contributed by atoms with Gasteiger partial charge < -0.3 is 0 Å². The van der Waals surface area contributed by atoms with Crippen molar-refractivity contribution in [2.24, 2.45) is 11.8 Å². The Hall–Kier alpha value is -0.850. The fraction of sp³-hybridized carbons (Fsp3) is 0.684. The third-order valence-electron chi connectivity index (χ3n) is 5.21. The van der Waals surface area contributed by atoms with Crippen LogP contribution in [0.2, 0.25) is 0 Å². The van der Waals surface area contributed by atoms with Crippen LogP contribution in [-0.2, 0) is 0 Å². The summed E-state index contributed by atoms with van der Waals surface area (Å²) in [4.78, 5) is 0. The number of rotatable bonds is 5. The molecule has 0 amide bonds. The first-order chi connectivity index (χ1) is 9.69. The molecule has 3 atom stereocenters. The van der Waals surface area contributed by atoms with Gasteiger partial charge in [-0.2, -0.15) is 0 Å². The van der Waals surface area contributed by atoms with E-state index < -0.39 is 0 Å². The van der Waals surface area contributed by atoms with Crippen molar-refractivity contribution in [1.82, 2.24) is 0 Å². The van der Waals surface area contributed by atoms with Gasteiger partial charge in [0.25, 0.3) is 0 Å². The van der Waals surface area contributed by atoms with Crippen molar-refractivity contribution in [3.63, 3.8) is 0 Å². The largest absolute Gasteiger partial charge is 0.207 e. The Morgan fingerprint density at radius 3 is 2.65 bits per heavy atom. The summed E-state index contributed by atoms with van der Waals surface area (Å²) in [5.41, 5.74) is 1.16. The number of halogens is 1. The number of hydrogen-bond acceptors (Lipinski definition) is 0. The van der Waals surface area contributed by atoms with Gasteiger partial charge in [0, 0.05) is 0 Å². The summed E-state index contributed by atoms with van der Waals surface area (Å²) < 4.78 is 13.3. The monoisotopic (exact) mass is 276 g/mol. The number of hydrogen-bond donors (Lipinski definition) is 0. The molecule has 0 saturated heterocycles. The van der Waals surface area contributed by atoms with Crippen LogP contribution in [0.25, 0.3) is 0 Å². The van der Waals surface area contributed by atoms with Crippen LogP contribution in [0.1, 0.15) is 76.7 Å². The van der Waals surface area contributed by atoms with E-state index in [4.69, 9.17) is 0 Å². The zero-order chi connectivity index (χ0) is 14.4. The molecule has 0 spiro atoms. The Bertz CT molecular complexity index is 399. The van der Waals surface area contributed by atoms with Crippen LogP contribution < -0.4 is 0 Å². The van der Waals surface area contributed by atoms with E-state index >= 15 is 0 Å². The molecular formula is C19H29F. The van der Waals surface area contributed by atoms with Gasteiger partial charge in [0.2, 0.25) is 0 Å². The Morgan fingerprint density at radius 1 is 1.15 bits per heavy atom. The van der Waals surface area contributed by atoms with E-state index in [0.29, 0.717) is 5.92 Å². The molecule has 0 heterocycles. The fourth-order valence-electron chi connectivity index (χ4n) is 3.62. The maximum atomic E-state index is 13.3. The topological polar surface area (TPSA) is 0 Å². The molecule has 20 heavy (non-hydrogen) atoms. The van der Waals surface area contributed by atoms with Crippen molar-refractivity contribution in [2.45, 2.75) is 71.1 Å². The first-order valence-corrected chi connectivity index (χ1v) is 8.44. The minimum Gasteiger partial charge on any atom is -0.207 e. The Balaban J connectivity index is 1.79. The molecule has 2 rings (SSSR count). The van der Waals surface area contributed by atoms with E-state index in [-0.39, 0.29) is 5.82 Å². The van der Waals surface area contributed by atoms with Gasteiger partial charge >= 0.3 is 0 Å². The molecule has 1 aliphatic rings. The molecule has 1 aromatic carbocycles. The van der Waals surface area contributed by atoms with Crippen LogP contribution in [-0.4, -0.2) is 0 Å². The predicted octanol–water partition coefficient (Wildman–Crippen LogP) is 6.32. The Kier molecular flexibility index (Phi) is 6.06. The van der Waals surface area contributed by atoms with Gasteiger partial charge in [-0.1, -0.05) is 64.5 Å². The molecule has 0 aromatic heterocycles. The van der Waals surface area contributed by atoms with E-state index in [2.05, 4.69) is 19.9 Å². The van der Waals surface area contributed by atoms with Crippen molar-refractivity contribution >= 4 is 0 Å². The molecule has 112 valence electrons. The van der Waals surface area contributed by atoms with Crippen LogP contribution in [0.4, 0.5) is 4.39 Å². The van der Waals surface area contributed by atoms with E-state index in [1.54, 1.807) is 6.07 Å². The quantitative estimate of drug-likeness (QED) is 0.552. The van der Waals surface area contributed by atoms with Gasteiger partial charge in [0.05, 0.1) is 0 Å². The van der Waals surface area contributed by atoms with Gasteiger partial charge in [0.1, 0.15) is 5.82 Å². The minimum atomic E-state index is -0.102. The van der Waals surface area contributed by atoms with E-state index in [9.17, 15) is 4.39 Å². The summed E-state index contributed by atoms with van der Waals surface area (Å²) in [7, 11) is 0. The van der Waals surface area contributed by atoms with Crippen molar-refractivity contribution in [1.29, 1.82) is 0 Å². The van der Waals surface area contributed by atoms with Crippen LogP contribution in [0.3, 0.4) is 0 Å². The first-order valence-electron chi connectivity index (χ1n) is 8.44. The summed E-state index contributed by atoms with van der Waals surface area (Å²) >= 11 is 0. The van der Waals surface area contributed by atoms with E-state index in [1.807, 2.05) is 6.07 Å². The van der Waals surface area contributed by atoms with Crippen LogP contribution in [0.15, 0.2) is 24.3 Å². The highest BCUT2D eigenvalue weighted by atomic mass is 19.1. The molecule has 0 N–H and O–H groups in total. The molecule has 1 aromatic rings. The maximum absolute atomic E-state index is 13.3. The van der Waals surface area contributed by atoms with Gasteiger partial charge in [-0.15, -0.1) is 0 Å². The summed E-state index contributed by atoms with van der Waals surface area (Å²) in [6.45, 7) is 4.57. The lowest BCUT2D eigenvalue weighted by molar-refractivity contribution is 0.387. The maximum Gasteiger partial charge on any atom is 0.123 e. The molecule has 3 unspecified atom stereocenters. The van der Waals surface area contributed by atoms with Gasteiger partial charge in [-0.25, -0.2) is 4.39 Å². The lowest BCUT2D eigenvalue weighted by Gasteiger charge is -2.18. The average Bonchev–Trinajstić information content (AvgIpc) is 2.69. The molecule has 1 heteroatoms. The number of benzene rings is 1. The van der Waals surface area contributed by atoms with Crippen molar-refractivity contribution < 1.29 is 4.39 Å². The molecule has 0 radical (unpaired) electrons. The van der Waals surface area contributed by atoms with Crippen LogP contribution in [0.5, 0.6) is 0 Å². The zero-order valence-corrected chi connectivity index (χ0v) is 13.1. The average molecular weight is 276 g/mol. The third-order valence-corrected chi connectivity index (χ3v) is 5.21. The summed E-state index contributed by atoms with van der Waals surface area (Å²) in [5, 5.41) is 0. The third kappa shape index (κ3) is 4.61. The SMILES string of the molecule is CCC1CCCC(CCC(C)c2cccc(F)c2)CC1. The minimum absolute atomic E-state index is 0.102. The van der Waals surface area contributed by atoms with Crippen molar-refractivity contribution in [3.05, 3.63) is 35.6 Å². The van der Waals surface area contributed by atoms with Gasteiger partial charge in [0.15, 0.2) is 0 Å². The highest BCUT2D eigenvalue weighted by Gasteiger charge is 2.18. The standard InChI is InChI=1S/C19H29F/c1-3-16-6-4-7-17(13-12-16)11-10-15(2)18-8-5-9-19(20)14-18/h5,8-9,14-17H,3-4,6-7,10-13H2,1-2H3. The Labute approximate surface area is 123 Å². The highest BCUT2D eigenvalue weighted by Crippen LogP contribution is 2.33. The summed E-state index contributed by atoms with van der Waals surface area (Å²) in [5.74, 6) is 2.26. The molecule has 0 bridgehead atoms. The normalized spacial score (nSPS) is 25.1. The molecular weight excluding hydrogens is 247 g/mol. The fourth-order valence-corrected chi connectivity index (χ4v) is 3.62. The summed E-state index contributed by atoms with van der Waals surface area (Å²) in [6, 6.07) is 7.13. The molecule has 0 nitrogen and oxygen atoms in total. The lowest BCUT2D eigenvalue weighted by atomic mass is 9.88. The van der Waals surface area contributed by atoms with E-state index in [1.165, 1.54) is 57.4 Å². The second-order valence-electron chi connectivity index (χ2n) is 6.68. The highest BCUT2D eigenvalue weighted by molar-refractivity contribution is 5.19. The lowest BCUT2D eigenvalue weighted by Crippen LogP contribution is -2.03. The van der Waals surface area contributed by atoms with Crippen LogP contribution in [0, 0.1) is 17.7 Å². The molecule has 1 saturated carbocycles. The predicted molar refractivity (Wildman–Crippen MR) is 84.4 cm³/mol. The molecule has 0 aliphatic heterocycles. The van der Waals surface area contributed by atoms with Crippen LogP contribution >= 0.6 is 0 Å². The molecule has 1 aliphatic carbocycles. The Morgan fingerprint density at radius 2 is 1.90 bits per heavy atom. The van der Waals surface area contributed by atoms with Crippen molar-refractivity contribution in [3.8, 4) is 0 Å². The first kappa shape index (κ1) is 15.5. The second kappa shape index (κ2) is 7.81. The van der Waals surface area contributed by atoms with Crippen molar-refractivity contribution in [2.75, 3.05) is 0 Å². The van der Waals surface area contributed by atoms with Gasteiger partial charge in [-0.05, 0) is 48.3 Å². The van der Waals surface area contributed by atoms with E-state index in [0.717, 1.165) is 17.4 Å². The second-order valence-corrected chi connectivity index (χ2v) is 6.68. The smallest absolute Gasteiger partial charge is 0.123 e. The zero-order valence-electron chi connectivity index (χ0n) is 13.1. The molecule has 1 fully saturated rings. The van der Waals surface area contributed by atoms with Gasteiger partial charge in [-0.3, -0.25) is 0 Å². The summed E-state index contributed by atoms with van der Waals surface area (Å²) in [6.07, 6.45) is 11.0.